The van der Waals surface area contributed by atoms with E-state index in [0.717, 1.165) is 5.69 Å². The van der Waals surface area contributed by atoms with Gasteiger partial charge in [0.05, 0.1) is 17.2 Å². The van der Waals surface area contributed by atoms with Crippen molar-refractivity contribution < 1.29 is 18.0 Å². The monoisotopic (exact) mass is 388 g/mol. The fraction of sp³-hybridized carbons (Fsp3) is 0.667. The molecular formula is C15H24N4O4S2. The van der Waals surface area contributed by atoms with Gasteiger partial charge in [-0.3, -0.25) is 4.79 Å². The molecule has 140 valence electrons. The number of carbonyl (C=O) groups is 2. The Bertz CT molecular complexity index is 732. The number of hydrogen-bond acceptors (Lipinski definition) is 6. The third-order valence-corrected chi connectivity index (χ3v) is 6.84. The molecule has 1 aliphatic heterocycles. The second-order valence-electron chi connectivity index (χ2n) is 6.36. The topological polar surface area (TPSA) is 117 Å². The molecule has 0 aromatic carbocycles. The lowest BCUT2D eigenvalue weighted by Crippen LogP contribution is -2.53. The van der Waals surface area contributed by atoms with Gasteiger partial charge in [0, 0.05) is 11.4 Å². The zero-order valence-electron chi connectivity index (χ0n) is 14.5. The summed E-state index contributed by atoms with van der Waals surface area (Å²) in [6, 6.07) is -1.67. The quantitative estimate of drug-likeness (QED) is 0.679. The Morgan fingerprint density at radius 3 is 2.68 bits per heavy atom. The number of nitrogens with zero attached hydrogens (tertiary/aromatic N) is 1. The lowest BCUT2D eigenvalue weighted by molar-refractivity contribution is -0.119. The molecule has 25 heavy (non-hydrogen) atoms. The Morgan fingerprint density at radius 2 is 2.16 bits per heavy atom. The van der Waals surface area contributed by atoms with Gasteiger partial charge in [-0.15, -0.1) is 11.3 Å². The van der Waals surface area contributed by atoms with Crippen LogP contribution in [0.4, 0.5) is 9.93 Å². The third-order valence-electron chi connectivity index (χ3n) is 4.20. The SMILES string of the molecule is CC[C@@H](C)[C@H](NC(=O)N[C@H]1CCS(=O)(=O)C1)C(=O)Nc1nc(C)cs1. The standard InChI is InChI=1S/C15H24N4O4S2/c1-4-9(2)12(13(20)19-15-16-10(3)7-24-15)18-14(21)17-11-5-6-25(22,23)8-11/h7,9,11-12H,4-6,8H2,1-3H3,(H,16,19,20)(H2,17,18,21)/t9-,11+,12+/m1/s1. The maximum atomic E-state index is 12.5. The molecule has 1 aliphatic rings. The molecule has 1 aromatic heterocycles. The van der Waals surface area contributed by atoms with Crippen LogP contribution in [0.3, 0.4) is 0 Å². The van der Waals surface area contributed by atoms with Crippen LogP contribution in [0.25, 0.3) is 0 Å². The molecule has 0 unspecified atom stereocenters. The van der Waals surface area contributed by atoms with E-state index in [2.05, 4.69) is 20.9 Å². The highest BCUT2D eigenvalue weighted by Gasteiger charge is 2.31. The second-order valence-corrected chi connectivity index (χ2v) is 9.45. The van der Waals surface area contributed by atoms with Gasteiger partial charge in [-0.25, -0.2) is 18.2 Å². The molecule has 1 fully saturated rings. The molecule has 2 rings (SSSR count). The number of thiazole rings is 1. The van der Waals surface area contributed by atoms with Gasteiger partial charge in [0.25, 0.3) is 0 Å². The molecular weight excluding hydrogens is 364 g/mol. The van der Waals surface area contributed by atoms with Crippen molar-refractivity contribution in [2.24, 2.45) is 5.92 Å². The summed E-state index contributed by atoms with van der Waals surface area (Å²) in [5.74, 6) is -0.396. The highest BCUT2D eigenvalue weighted by Crippen LogP contribution is 2.17. The van der Waals surface area contributed by atoms with E-state index in [4.69, 9.17) is 0 Å². The first-order valence-electron chi connectivity index (χ1n) is 8.20. The van der Waals surface area contributed by atoms with Crippen LogP contribution in [0, 0.1) is 12.8 Å². The van der Waals surface area contributed by atoms with Crippen LogP contribution < -0.4 is 16.0 Å². The Labute approximate surface area is 151 Å². The van der Waals surface area contributed by atoms with Gasteiger partial charge in [0.15, 0.2) is 15.0 Å². The van der Waals surface area contributed by atoms with E-state index in [1.54, 1.807) is 0 Å². The van der Waals surface area contributed by atoms with Crippen LogP contribution in [-0.2, 0) is 14.6 Å². The molecule has 8 nitrogen and oxygen atoms in total. The molecule has 0 spiro atoms. The van der Waals surface area contributed by atoms with Crippen molar-refractivity contribution in [1.82, 2.24) is 15.6 Å². The van der Waals surface area contributed by atoms with E-state index in [1.165, 1.54) is 11.3 Å². The predicted octanol–water partition coefficient (Wildman–Crippen LogP) is 1.29. The minimum atomic E-state index is -3.07. The zero-order valence-corrected chi connectivity index (χ0v) is 16.2. The fourth-order valence-corrected chi connectivity index (χ4v) is 4.94. The molecule has 1 aromatic rings. The molecule has 0 saturated carbocycles. The fourth-order valence-electron chi connectivity index (χ4n) is 2.57. The van der Waals surface area contributed by atoms with Crippen LogP contribution in [0.2, 0.25) is 0 Å². The number of sulfone groups is 1. The van der Waals surface area contributed by atoms with Gasteiger partial charge < -0.3 is 16.0 Å². The molecule has 0 radical (unpaired) electrons. The number of urea groups is 1. The summed E-state index contributed by atoms with van der Waals surface area (Å²) < 4.78 is 22.9. The highest BCUT2D eigenvalue weighted by molar-refractivity contribution is 7.91. The molecule has 0 bridgehead atoms. The Hall–Kier alpha value is -1.68. The zero-order chi connectivity index (χ0) is 18.6. The number of nitrogens with one attached hydrogen (secondary N) is 3. The first-order chi connectivity index (χ1) is 11.7. The van der Waals surface area contributed by atoms with Gasteiger partial charge in [0.2, 0.25) is 5.91 Å². The summed E-state index contributed by atoms with van der Waals surface area (Å²) in [6.45, 7) is 5.64. The minimum Gasteiger partial charge on any atom is -0.334 e. The number of aryl methyl sites for hydroxylation is 1. The van der Waals surface area contributed by atoms with E-state index in [-0.39, 0.29) is 23.3 Å². The number of carbonyl (C=O) groups excluding carboxylic acids is 2. The van der Waals surface area contributed by atoms with Gasteiger partial charge in [0.1, 0.15) is 6.04 Å². The summed E-state index contributed by atoms with van der Waals surface area (Å²) in [7, 11) is -3.07. The highest BCUT2D eigenvalue weighted by atomic mass is 32.2. The van der Waals surface area contributed by atoms with Crippen LogP contribution in [0.5, 0.6) is 0 Å². The van der Waals surface area contributed by atoms with E-state index < -0.39 is 28.0 Å². The van der Waals surface area contributed by atoms with Crippen molar-refractivity contribution in [3.8, 4) is 0 Å². The predicted molar refractivity (Wildman–Crippen MR) is 97.4 cm³/mol. The van der Waals surface area contributed by atoms with Gasteiger partial charge >= 0.3 is 6.03 Å². The molecule has 3 atom stereocenters. The van der Waals surface area contributed by atoms with Crippen molar-refractivity contribution >= 4 is 38.2 Å². The van der Waals surface area contributed by atoms with E-state index in [0.29, 0.717) is 18.0 Å². The van der Waals surface area contributed by atoms with Crippen molar-refractivity contribution in [2.75, 3.05) is 16.8 Å². The summed E-state index contributed by atoms with van der Waals surface area (Å²) in [4.78, 5) is 28.9. The van der Waals surface area contributed by atoms with Crippen molar-refractivity contribution in [2.45, 2.75) is 45.7 Å². The summed E-state index contributed by atoms with van der Waals surface area (Å²) in [5.41, 5.74) is 0.813. The summed E-state index contributed by atoms with van der Waals surface area (Å²) in [6.07, 6.45) is 1.10. The largest absolute Gasteiger partial charge is 0.334 e. The molecule has 3 amide bonds. The van der Waals surface area contributed by atoms with Crippen LogP contribution in [0.15, 0.2) is 5.38 Å². The Morgan fingerprint density at radius 1 is 1.44 bits per heavy atom. The van der Waals surface area contributed by atoms with E-state index >= 15 is 0 Å². The van der Waals surface area contributed by atoms with Crippen LogP contribution >= 0.6 is 11.3 Å². The second kappa shape index (κ2) is 8.13. The Balaban J connectivity index is 1.97. The first-order valence-corrected chi connectivity index (χ1v) is 10.9. The van der Waals surface area contributed by atoms with Crippen LogP contribution in [-0.4, -0.2) is 48.9 Å². The number of anilines is 1. The minimum absolute atomic E-state index is 0.0565. The first kappa shape index (κ1) is 19.6. The number of rotatable bonds is 6. The average molecular weight is 389 g/mol. The number of aromatic nitrogens is 1. The van der Waals surface area contributed by atoms with Crippen LogP contribution in [0.1, 0.15) is 32.4 Å². The normalized spacial score (nSPS) is 21.3. The van der Waals surface area contributed by atoms with E-state index in [1.807, 2.05) is 26.2 Å². The van der Waals surface area contributed by atoms with E-state index in [9.17, 15) is 18.0 Å². The number of amides is 3. The molecule has 10 heteroatoms. The summed E-state index contributed by atoms with van der Waals surface area (Å²) >= 11 is 1.32. The van der Waals surface area contributed by atoms with Gasteiger partial charge in [-0.1, -0.05) is 20.3 Å². The Kier molecular flexibility index (Phi) is 6.39. The smallest absolute Gasteiger partial charge is 0.315 e. The van der Waals surface area contributed by atoms with Crippen molar-refractivity contribution in [3.63, 3.8) is 0 Å². The van der Waals surface area contributed by atoms with Crippen molar-refractivity contribution in [1.29, 1.82) is 0 Å². The third kappa shape index (κ3) is 5.67. The summed E-state index contributed by atoms with van der Waals surface area (Å²) in [5, 5.41) is 10.3. The lowest BCUT2D eigenvalue weighted by Gasteiger charge is -2.24. The van der Waals surface area contributed by atoms with Gasteiger partial charge in [-0.05, 0) is 19.3 Å². The molecule has 0 aliphatic carbocycles. The van der Waals surface area contributed by atoms with Gasteiger partial charge in [-0.2, -0.15) is 0 Å². The molecule has 3 N–H and O–H groups in total. The maximum absolute atomic E-state index is 12.5. The van der Waals surface area contributed by atoms with Crippen molar-refractivity contribution in [3.05, 3.63) is 11.1 Å². The number of hydrogen-bond donors (Lipinski definition) is 3. The molecule has 2 heterocycles. The maximum Gasteiger partial charge on any atom is 0.315 e. The average Bonchev–Trinajstić information content (AvgIpc) is 3.08. The lowest BCUT2D eigenvalue weighted by atomic mass is 9.98. The molecule has 1 saturated heterocycles.